The van der Waals surface area contributed by atoms with Crippen LogP contribution in [0, 0.1) is 12.3 Å². The largest absolute Gasteiger partial charge is 0.336 e. The summed E-state index contributed by atoms with van der Waals surface area (Å²) in [4.78, 5) is 28.6. The molecule has 1 atom stereocenters. The summed E-state index contributed by atoms with van der Waals surface area (Å²) >= 11 is 0. The molecule has 0 saturated carbocycles. The van der Waals surface area contributed by atoms with E-state index in [9.17, 15) is 4.79 Å². The van der Waals surface area contributed by atoms with Crippen LogP contribution in [0.1, 0.15) is 49.9 Å². The Morgan fingerprint density at radius 3 is 2.52 bits per heavy atom. The molecule has 148 valence electrons. The van der Waals surface area contributed by atoms with Crippen molar-refractivity contribution in [1.82, 2.24) is 24.7 Å². The van der Waals surface area contributed by atoms with Gasteiger partial charge in [0.25, 0.3) is 0 Å². The van der Waals surface area contributed by atoms with E-state index < -0.39 is 0 Å². The van der Waals surface area contributed by atoms with Gasteiger partial charge in [-0.05, 0) is 58.7 Å². The molecule has 4 rings (SSSR count). The molecular weight excluding hydrogens is 338 g/mol. The van der Waals surface area contributed by atoms with Crippen molar-refractivity contribution in [3.8, 4) is 0 Å². The van der Waals surface area contributed by atoms with Crippen molar-refractivity contribution in [2.45, 2.75) is 52.0 Å². The van der Waals surface area contributed by atoms with E-state index in [1.165, 1.54) is 58.4 Å². The Hall–Kier alpha value is -1.53. The number of carbonyl (C=O) groups is 1. The fraction of sp³-hybridized carbons (Fsp3) is 0.762. The Morgan fingerprint density at radius 1 is 0.963 bits per heavy atom. The molecule has 1 aromatic rings. The van der Waals surface area contributed by atoms with Crippen molar-refractivity contribution in [2.24, 2.45) is 5.41 Å². The van der Waals surface area contributed by atoms with E-state index in [0.717, 1.165) is 30.9 Å². The molecule has 0 bridgehead atoms. The normalized spacial score (nSPS) is 27.6. The fourth-order valence-corrected chi connectivity index (χ4v) is 5.07. The number of hydrogen-bond donors (Lipinski definition) is 0. The molecule has 3 aliphatic rings. The van der Waals surface area contributed by atoms with Crippen LogP contribution in [0.15, 0.2) is 12.4 Å². The first-order valence-electron chi connectivity index (χ1n) is 10.6. The van der Waals surface area contributed by atoms with E-state index in [4.69, 9.17) is 0 Å². The van der Waals surface area contributed by atoms with Crippen LogP contribution in [0.3, 0.4) is 0 Å². The molecule has 1 amide bonds. The maximum absolute atomic E-state index is 12.5. The number of aromatic nitrogens is 2. The van der Waals surface area contributed by atoms with Crippen LogP contribution in [0.2, 0.25) is 0 Å². The molecule has 3 fully saturated rings. The smallest absolute Gasteiger partial charge is 0.222 e. The molecule has 1 aromatic heterocycles. The van der Waals surface area contributed by atoms with Crippen LogP contribution in [-0.4, -0.2) is 76.4 Å². The average Bonchev–Trinajstić information content (AvgIpc) is 3.19. The summed E-state index contributed by atoms with van der Waals surface area (Å²) in [5.74, 6) is 0.275. The van der Waals surface area contributed by atoms with Gasteiger partial charge in [-0.1, -0.05) is 0 Å². The lowest BCUT2D eigenvalue weighted by Gasteiger charge is -2.48. The van der Waals surface area contributed by atoms with Crippen LogP contribution in [0.4, 0.5) is 0 Å². The first kappa shape index (κ1) is 18.8. The van der Waals surface area contributed by atoms with Crippen molar-refractivity contribution < 1.29 is 4.79 Å². The van der Waals surface area contributed by atoms with Gasteiger partial charge in [0.05, 0.1) is 24.1 Å². The molecule has 0 aromatic carbocycles. The number of amides is 1. The molecule has 0 aliphatic carbocycles. The Labute approximate surface area is 162 Å². The minimum atomic E-state index is 0.273. The highest BCUT2D eigenvalue weighted by Crippen LogP contribution is 2.39. The second-order valence-corrected chi connectivity index (χ2v) is 8.83. The Morgan fingerprint density at radius 2 is 1.74 bits per heavy atom. The molecule has 1 spiro atoms. The van der Waals surface area contributed by atoms with Crippen molar-refractivity contribution in [3.63, 3.8) is 0 Å². The molecule has 6 heteroatoms. The number of likely N-dealkylation sites (tertiary alicyclic amines) is 3. The summed E-state index contributed by atoms with van der Waals surface area (Å²) < 4.78 is 0. The van der Waals surface area contributed by atoms with Crippen LogP contribution in [0.25, 0.3) is 0 Å². The Balaban J connectivity index is 1.36. The summed E-state index contributed by atoms with van der Waals surface area (Å²) in [6.07, 6.45) is 10.6. The third-order valence-electron chi connectivity index (χ3n) is 6.61. The van der Waals surface area contributed by atoms with Gasteiger partial charge in [-0.2, -0.15) is 0 Å². The van der Waals surface area contributed by atoms with Gasteiger partial charge in [0.2, 0.25) is 5.91 Å². The Bertz CT molecular complexity index is 642. The summed E-state index contributed by atoms with van der Waals surface area (Å²) in [6.45, 7) is 10.7. The van der Waals surface area contributed by atoms with Gasteiger partial charge in [0.1, 0.15) is 0 Å². The van der Waals surface area contributed by atoms with E-state index >= 15 is 0 Å². The van der Waals surface area contributed by atoms with E-state index in [2.05, 4.69) is 19.8 Å². The highest BCUT2D eigenvalue weighted by atomic mass is 16.2. The molecule has 3 saturated heterocycles. The predicted molar refractivity (Wildman–Crippen MR) is 105 cm³/mol. The zero-order chi connectivity index (χ0) is 18.7. The minimum Gasteiger partial charge on any atom is -0.336 e. The number of rotatable bonds is 5. The second kappa shape index (κ2) is 8.23. The molecule has 0 N–H and O–H groups in total. The van der Waals surface area contributed by atoms with Gasteiger partial charge in [-0.25, -0.2) is 0 Å². The molecule has 3 aliphatic heterocycles. The lowest BCUT2D eigenvalue weighted by molar-refractivity contribution is -0.140. The Kier molecular flexibility index (Phi) is 5.74. The van der Waals surface area contributed by atoms with Gasteiger partial charge >= 0.3 is 0 Å². The van der Waals surface area contributed by atoms with Gasteiger partial charge in [-0.3, -0.25) is 14.8 Å². The molecule has 0 radical (unpaired) electrons. The zero-order valence-electron chi connectivity index (χ0n) is 16.7. The third-order valence-corrected chi connectivity index (χ3v) is 6.61. The van der Waals surface area contributed by atoms with Crippen molar-refractivity contribution in [2.75, 3.05) is 45.8 Å². The van der Waals surface area contributed by atoms with Gasteiger partial charge < -0.3 is 14.7 Å². The van der Waals surface area contributed by atoms with Crippen LogP contribution < -0.4 is 0 Å². The van der Waals surface area contributed by atoms with Crippen LogP contribution in [-0.2, 0) is 11.3 Å². The molecule has 0 unspecified atom stereocenters. The lowest BCUT2D eigenvalue weighted by atomic mass is 9.73. The highest BCUT2D eigenvalue weighted by molar-refractivity contribution is 5.77. The molecule has 4 heterocycles. The van der Waals surface area contributed by atoms with Crippen molar-refractivity contribution in [3.05, 3.63) is 23.8 Å². The van der Waals surface area contributed by atoms with Crippen molar-refractivity contribution >= 4 is 5.91 Å². The molecule has 6 nitrogen and oxygen atoms in total. The molecule has 27 heavy (non-hydrogen) atoms. The number of carbonyl (C=O) groups excluding carboxylic acids is 1. The van der Waals surface area contributed by atoms with Gasteiger partial charge in [-0.15, -0.1) is 0 Å². The number of piperidine rings is 2. The van der Waals surface area contributed by atoms with E-state index in [1.807, 2.05) is 18.0 Å². The maximum Gasteiger partial charge on any atom is 0.222 e. The van der Waals surface area contributed by atoms with Crippen LogP contribution >= 0.6 is 0 Å². The van der Waals surface area contributed by atoms with E-state index in [0.29, 0.717) is 13.0 Å². The summed E-state index contributed by atoms with van der Waals surface area (Å²) in [6, 6.07) is 0. The summed E-state index contributed by atoms with van der Waals surface area (Å²) in [5, 5.41) is 0. The monoisotopic (exact) mass is 371 g/mol. The van der Waals surface area contributed by atoms with E-state index in [1.54, 1.807) is 6.20 Å². The summed E-state index contributed by atoms with van der Waals surface area (Å²) in [7, 11) is 0. The number of hydrogen-bond acceptors (Lipinski definition) is 5. The molecular formula is C21H33N5O. The predicted octanol–water partition coefficient (Wildman–Crippen LogP) is 2.09. The minimum absolute atomic E-state index is 0.273. The first-order chi connectivity index (χ1) is 13.1. The van der Waals surface area contributed by atoms with Crippen molar-refractivity contribution in [1.29, 1.82) is 0 Å². The topological polar surface area (TPSA) is 52.6 Å². The standard InChI is InChI=1S/C21H33N5O/c1-18-13-23-19(14-22-18)15-26-17-21(7-5-20(26)27)6-4-10-25(16-21)12-11-24-8-2-3-9-24/h13-14H,2-12,15-17H2,1H3/t21-/m1/s1. The van der Waals surface area contributed by atoms with Crippen LogP contribution in [0.5, 0.6) is 0 Å². The second-order valence-electron chi connectivity index (χ2n) is 8.83. The average molecular weight is 372 g/mol. The maximum atomic E-state index is 12.5. The van der Waals surface area contributed by atoms with E-state index in [-0.39, 0.29) is 11.3 Å². The summed E-state index contributed by atoms with van der Waals surface area (Å²) in [5.41, 5.74) is 2.09. The SMILES string of the molecule is Cc1cnc(CN2C[C@]3(CCCN(CCN4CCCC4)C3)CCC2=O)cn1. The number of aryl methyl sites for hydroxylation is 1. The first-order valence-corrected chi connectivity index (χ1v) is 10.6. The number of nitrogens with zero attached hydrogens (tertiary/aromatic N) is 5. The lowest BCUT2D eigenvalue weighted by Crippen LogP contribution is -2.54. The quantitative estimate of drug-likeness (QED) is 0.793. The van der Waals surface area contributed by atoms with Gasteiger partial charge in [0, 0.05) is 44.2 Å². The van der Waals surface area contributed by atoms with Gasteiger partial charge in [0.15, 0.2) is 0 Å². The third kappa shape index (κ3) is 4.66. The zero-order valence-corrected chi connectivity index (χ0v) is 16.7. The fourth-order valence-electron chi connectivity index (χ4n) is 5.07. The highest BCUT2D eigenvalue weighted by Gasteiger charge is 2.41.